The number of carbonyl (C=O) groups excluding carboxylic acids is 1. The van der Waals surface area contributed by atoms with Gasteiger partial charge in [0.1, 0.15) is 6.33 Å². The lowest BCUT2D eigenvalue weighted by Gasteiger charge is -2.22. The van der Waals surface area contributed by atoms with Crippen molar-refractivity contribution in [2.45, 2.75) is 25.3 Å². The van der Waals surface area contributed by atoms with Crippen LogP contribution in [0.15, 0.2) is 54.9 Å². The smallest absolute Gasteiger partial charge is 0.241 e. The van der Waals surface area contributed by atoms with Gasteiger partial charge in [0.15, 0.2) is 0 Å². The van der Waals surface area contributed by atoms with Gasteiger partial charge in [-0.3, -0.25) is 9.36 Å². The van der Waals surface area contributed by atoms with Crippen molar-refractivity contribution in [3.8, 4) is 5.69 Å². The minimum absolute atomic E-state index is 0.0514. The second-order valence-electron chi connectivity index (χ2n) is 6.14. The first kappa shape index (κ1) is 14.9. The molecule has 1 saturated heterocycles. The number of aromatic nitrogens is 2. The number of piperidine rings is 1. The summed E-state index contributed by atoms with van der Waals surface area (Å²) in [5.74, 6) is 0.0514. The first-order valence-corrected chi connectivity index (χ1v) is 8.38. The Morgan fingerprint density at radius 3 is 2.75 bits per heavy atom. The Kier molecular flexibility index (Phi) is 4.01. The molecule has 0 aliphatic carbocycles. The molecular formula is C19H20N4O. The van der Waals surface area contributed by atoms with E-state index < -0.39 is 0 Å². The highest BCUT2D eigenvalue weighted by molar-refractivity contribution is 5.95. The van der Waals surface area contributed by atoms with E-state index in [4.69, 9.17) is 0 Å². The molecule has 2 N–H and O–H groups in total. The van der Waals surface area contributed by atoms with Crippen LogP contribution in [-0.4, -0.2) is 28.0 Å². The topological polar surface area (TPSA) is 59.0 Å². The van der Waals surface area contributed by atoms with E-state index >= 15 is 0 Å². The Hall–Kier alpha value is -2.66. The quantitative estimate of drug-likeness (QED) is 0.779. The van der Waals surface area contributed by atoms with Crippen LogP contribution in [0.3, 0.4) is 0 Å². The van der Waals surface area contributed by atoms with Crippen LogP contribution < -0.4 is 10.6 Å². The van der Waals surface area contributed by atoms with Gasteiger partial charge in [-0.05, 0) is 55.8 Å². The van der Waals surface area contributed by atoms with Crippen LogP contribution in [0, 0.1) is 0 Å². The van der Waals surface area contributed by atoms with Gasteiger partial charge in [0.25, 0.3) is 0 Å². The summed E-state index contributed by atoms with van der Waals surface area (Å²) in [5.41, 5.74) is 3.89. The summed E-state index contributed by atoms with van der Waals surface area (Å²) >= 11 is 0. The van der Waals surface area contributed by atoms with Gasteiger partial charge < -0.3 is 10.6 Å². The molecule has 5 heteroatoms. The summed E-state index contributed by atoms with van der Waals surface area (Å²) < 4.78 is 2.05. The van der Waals surface area contributed by atoms with Crippen LogP contribution >= 0.6 is 0 Å². The predicted molar refractivity (Wildman–Crippen MR) is 95.3 cm³/mol. The van der Waals surface area contributed by atoms with Crippen LogP contribution in [-0.2, 0) is 4.79 Å². The van der Waals surface area contributed by atoms with Crippen LogP contribution in [0.25, 0.3) is 16.7 Å². The van der Waals surface area contributed by atoms with E-state index in [9.17, 15) is 4.79 Å². The molecule has 0 radical (unpaired) electrons. The number of rotatable bonds is 3. The molecule has 1 unspecified atom stereocenters. The molecule has 1 atom stereocenters. The fourth-order valence-electron chi connectivity index (χ4n) is 3.18. The number of benzene rings is 2. The molecule has 0 saturated carbocycles. The van der Waals surface area contributed by atoms with Crippen LogP contribution in [0.4, 0.5) is 5.69 Å². The van der Waals surface area contributed by atoms with E-state index in [0.717, 1.165) is 48.2 Å². The van der Waals surface area contributed by atoms with Gasteiger partial charge in [-0.1, -0.05) is 18.6 Å². The number of fused-ring (bicyclic) bond motifs is 1. The zero-order valence-electron chi connectivity index (χ0n) is 13.4. The lowest BCUT2D eigenvalue weighted by atomic mass is 10.0. The molecule has 1 amide bonds. The Bertz CT molecular complexity index is 847. The van der Waals surface area contributed by atoms with Crippen molar-refractivity contribution < 1.29 is 4.79 Å². The predicted octanol–water partition coefficient (Wildman–Crippen LogP) is 3.11. The highest BCUT2D eigenvalue weighted by Gasteiger charge is 2.20. The van der Waals surface area contributed by atoms with Crippen LogP contribution in [0.2, 0.25) is 0 Å². The molecule has 4 rings (SSSR count). The van der Waals surface area contributed by atoms with Gasteiger partial charge >= 0.3 is 0 Å². The number of para-hydroxylation sites is 2. The highest BCUT2D eigenvalue weighted by Crippen LogP contribution is 2.20. The number of nitrogens with zero attached hydrogens (tertiary/aromatic N) is 2. The van der Waals surface area contributed by atoms with Gasteiger partial charge in [-0.25, -0.2) is 4.98 Å². The maximum Gasteiger partial charge on any atom is 0.241 e. The summed E-state index contributed by atoms with van der Waals surface area (Å²) in [6.07, 6.45) is 4.99. The van der Waals surface area contributed by atoms with Crippen molar-refractivity contribution in [2.24, 2.45) is 0 Å². The molecule has 2 aromatic carbocycles. The molecule has 1 aliphatic rings. The number of hydrogen-bond acceptors (Lipinski definition) is 3. The average molecular weight is 320 g/mol. The second kappa shape index (κ2) is 6.45. The zero-order valence-corrected chi connectivity index (χ0v) is 13.4. The largest absolute Gasteiger partial charge is 0.325 e. The Morgan fingerprint density at radius 2 is 1.96 bits per heavy atom. The third-order valence-corrected chi connectivity index (χ3v) is 4.49. The average Bonchev–Trinajstić information content (AvgIpc) is 3.07. The summed E-state index contributed by atoms with van der Waals surface area (Å²) in [6.45, 7) is 0.921. The van der Waals surface area contributed by atoms with Crippen molar-refractivity contribution in [1.29, 1.82) is 0 Å². The Balaban J connectivity index is 1.51. The van der Waals surface area contributed by atoms with Gasteiger partial charge in [0.2, 0.25) is 5.91 Å². The molecule has 1 aromatic heterocycles. The van der Waals surface area contributed by atoms with Crippen LogP contribution in [0.1, 0.15) is 19.3 Å². The third kappa shape index (κ3) is 2.90. The fraction of sp³-hybridized carbons (Fsp3) is 0.263. The molecule has 5 nitrogen and oxygen atoms in total. The number of imidazole rings is 1. The molecule has 1 aliphatic heterocycles. The molecular weight excluding hydrogens is 300 g/mol. The second-order valence-corrected chi connectivity index (χ2v) is 6.14. The molecule has 1 fully saturated rings. The van der Waals surface area contributed by atoms with Gasteiger partial charge in [-0.2, -0.15) is 0 Å². The summed E-state index contributed by atoms with van der Waals surface area (Å²) in [6, 6.07) is 15.8. The molecule has 24 heavy (non-hydrogen) atoms. The van der Waals surface area contributed by atoms with Gasteiger partial charge in [-0.15, -0.1) is 0 Å². The summed E-state index contributed by atoms with van der Waals surface area (Å²) in [4.78, 5) is 16.7. The Labute approximate surface area is 140 Å². The molecule has 3 aromatic rings. The third-order valence-electron chi connectivity index (χ3n) is 4.49. The van der Waals surface area contributed by atoms with E-state index in [1.165, 1.54) is 0 Å². The Morgan fingerprint density at radius 1 is 1.12 bits per heavy atom. The van der Waals surface area contributed by atoms with Crippen molar-refractivity contribution in [3.05, 3.63) is 54.9 Å². The minimum Gasteiger partial charge on any atom is -0.325 e. The van der Waals surface area contributed by atoms with E-state index in [1.807, 2.05) is 59.4 Å². The van der Waals surface area contributed by atoms with Crippen molar-refractivity contribution in [2.75, 3.05) is 11.9 Å². The van der Waals surface area contributed by atoms with Crippen molar-refractivity contribution in [3.63, 3.8) is 0 Å². The SMILES string of the molecule is O=C(Nc1ccc(-n2cnc3ccccc32)cc1)C1CCCCN1. The van der Waals surface area contributed by atoms with Crippen molar-refractivity contribution in [1.82, 2.24) is 14.9 Å². The first-order chi connectivity index (χ1) is 11.8. The molecule has 122 valence electrons. The molecule has 0 spiro atoms. The number of anilines is 1. The number of nitrogens with one attached hydrogen (secondary N) is 2. The molecule has 0 bridgehead atoms. The zero-order chi connectivity index (χ0) is 16.4. The minimum atomic E-state index is -0.0731. The van der Waals surface area contributed by atoms with E-state index in [0.29, 0.717) is 0 Å². The van der Waals surface area contributed by atoms with Crippen molar-refractivity contribution >= 4 is 22.6 Å². The highest BCUT2D eigenvalue weighted by atomic mass is 16.2. The summed E-state index contributed by atoms with van der Waals surface area (Å²) in [7, 11) is 0. The lowest BCUT2D eigenvalue weighted by Crippen LogP contribution is -2.43. The lowest BCUT2D eigenvalue weighted by molar-refractivity contribution is -0.118. The normalized spacial score (nSPS) is 17.8. The van der Waals surface area contributed by atoms with Gasteiger partial charge in [0, 0.05) is 11.4 Å². The maximum atomic E-state index is 12.3. The van der Waals surface area contributed by atoms with Gasteiger partial charge in [0.05, 0.1) is 17.1 Å². The fourth-order valence-corrected chi connectivity index (χ4v) is 3.18. The maximum absolute atomic E-state index is 12.3. The number of amides is 1. The monoisotopic (exact) mass is 320 g/mol. The van der Waals surface area contributed by atoms with E-state index in [-0.39, 0.29) is 11.9 Å². The number of hydrogen-bond donors (Lipinski definition) is 2. The standard InChI is InChI=1S/C19H20N4O/c24-19(17-6-3-4-12-20-17)22-14-8-10-15(11-9-14)23-13-21-16-5-1-2-7-18(16)23/h1-2,5,7-11,13,17,20H,3-4,6,12H2,(H,22,24). The molecule has 2 heterocycles. The van der Waals surface area contributed by atoms with Crippen LogP contribution in [0.5, 0.6) is 0 Å². The summed E-state index contributed by atoms with van der Waals surface area (Å²) in [5, 5.41) is 6.26. The van der Waals surface area contributed by atoms with E-state index in [2.05, 4.69) is 15.6 Å². The number of carbonyl (C=O) groups is 1. The van der Waals surface area contributed by atoms with E-state index in [1.54, 1.807) is 0 Å². The first-order valence-electron chi connectivity index (χ1n) is 8.38.